The van der Waals surface area contributed by atoms with Crippen LogP contribution in [0.1, 0.15) is 20.3 Å². The summed E-state index contributed by atoms with van der Waals surface area (Å²) in [7, 11) is 1.65. The van der Waals surface area contributed by atoms with Gasteiger partial charge < -0.3 is 9.84 Å². The molecule has 0 radical (unpaired) electrons. The second-order valence-corrected chi connectivity index (χ2v) is 6.42. The number of nitrogens with zero attached hydrogens (tertiary/aromatic N) is 1. The summed E-state index contributed by atoms with van der Waals surface area (Å²) in [5.41, 5.74) is 0.303. The van der Waals surface area contributed by atoms with Gasteiger partial charge in [0.25, 0.3) is 0 Å². The van der Waals surface area contributed by atoms with Crippen LogP contribution in [0.5, 0.6) is 0 Å². The number of aliphatic carboxylic acids is 1. The lowest BCUT2D eigenvalue weighted by molar-refractivity contribution is -0.139. The van der Waals surface area contributed by atoms with Gasteiger partial charge in [0.1, 0.15) is 0 Å². The minimum Gasteiger partial charge on any atom is -0.480 e. The Morgan fingerprint density at radius 3 is 2.82 bits per heavy atom. The Bertz CT molecular complexity index is 258. The van der Waals surface area contributed by atoms with Crippen LogP contribution in [0.3, 0.4) is 0 Å². The fourth-order valence-electron chi connectivity index (χ4n) is 2.23. The topological polar surface area (TPSA) is 49.8 Å². The van der Waals surface area contributed by atoms with Crippen molar-refractivity contribution in [1.82, 2.24) is 4.90 Å². The fourth-order valence-corrected chi connectivity index (χ4v) is 3.62. The van der Waals surface area contributed by atoms with E-state index in [4.69, 9.17) is 9.84 Å². The standard InChI is InChI=1S/C12H23NO3S/c1-12(2)6-10(8-17-9-12)13(4-5-16-3)7-11(14)15/h10H,4-9H2,1-3H3,(H,14,15). The van der Waals surface area contributed by atoms with E-state index in [2.05, 4.69) is 13.8 Å². The van der Waals surface area contributed by atoms with Gasteiger partial charge in [0, 0.05) is 25.4 Å². The summed E-state index contributed by atoms with van der Waals surface area (Å²) < 4.78 is 5.06. The molecule has 1 N–H and O–H groups in total. The van der Waals surface area contributed by atoms with Crippen molar-refractivity contribution < 1.29 is 14.6 Å². The molecule has 1 aliphatic heterocycles. The van der Waals surface area contributed by atoms with Crippen LogP contribution in [0.2, 0.25) is 0 Å². The molecule has 0 aromatic carbocycles. The van der Waals surface area contributed by atoms with Crippen LogP contribution in [0.15, 0.2) is 0 Å². The zero-order chi connectivity index (χ0) is 12.9. The van der Waals surface area contributed by atoms with E-state index in [0.717, 1.165) is 17.9 Å². The van der Waals surface area contributed by atoms with E-state index in [1.807, 2.05) is 16.7 Å². The number of hydrogen-bond acceptors (Lipinski definition) is 4. The first-order valence-corrected chi connectivity index (χ1v) is 7.12. The fraction of sp³-hybridized carbons (Fsp3) is 0.917. The Kier molecular flexibility index (Phi) is 5.76. The second-order valence-electron chi connectivity index (χ2n) is 5.39. The zero-order valence-electron chi connectivity index (χ0n) is 10.9. The van der Waals surface area contributed by atoms with Crippen molar-refractivity contribution in [2.24, 2.45) is 5.41 Å². The maximum Gasteiger partial charge on any atom is 0.317 e. The summed E-state index contributed by atoms with van der Waals surface area (Å²) in [6.07, 6.45) is 1.07. The van der Waals surface area contributed by atoms with Crippen molar-refractivity contribution in [2.75, 3.05) is 38.3 Å². The number of thioether (sulfide) groups is 1. The summed E-state index contributed by atoms with van der Waals surface area (Å²) in [5.74, 6) is 1.43. The number of carbonyl (C=O) groups is 1. The summed E-state index contributed by atoms with van der Waals surface area (Å²) in [6, 6.07) is 0.356. The van der Waals surface area contributed by atoms with Crippen LogP contribution in [0, 0.1) is 5.41 Å². The highest BCUT2D eigenvalue weighted by Gasteiger charge is 2.32. The van der Waals surface area contributed by atoms with Crippen LogP contribution in [0.4, 0.5) is 0 Å². The first-order chi connectivity index (χ1) is 7.94. The van der Waals surface area contributed by atoms with Gasteiger partial charge in [-0.15, -0.1) is 0 Å². The van der Waals surface area contributed by atoms with Crippen LogP contribution >= 0.6 is 11.8 Å². The Morgan fingerprint density at radius 2 is 2.29 bits per heavy atom. The predicted molar refractivity (Wildman–Crippen MR) is 70.6 cm³/mol. The highest BCUT2D eigenvalue weighted by atomic mass is 32.2. The highest BCUT2D eigenvalue weighted by Crippen LogP contribution is 2.35. The molecule has 0 amide bonds. The molecule has 1 atom stereocenters. The molecule has 5 heteroatoms. The summed E-state index contributed by atoms with van der Waals surface area (Å²) in [5, 5.41) is 8.95. The quantitative estimate of drug-likeness (QED) is 0.786. The van der Waals surface area contributed by atoms with Gasteiger partial charge in [-0.3, -0.25) is 9.69 Å². The largest absolute Gasteiger partial charge is 0.480 e. The van der Waals surface area contributed by atoms with E-state index >= 15 is 0 Å². The lowest BCUT2D eigenvalue weighted by Gasteiger charge is -2.40. The molecule has 1 unspecified atom stereocenters. The van der Waals surface area contributed by atoms with E-state index in [1.54, 1.807) is 7.11 Å². The van der Waals surface area contributed by atoms with Crippen molar-refractivity contribution >= 4 is 17.7 Å². The number of carboxylic acids is 1. The maximum absolute atomic E-state index is 10.9. The van der Waals surface area contributed by atoms with Crippen molar-refractivity contribution in [3.8, 4) is 0 Å². The van der Waals surface area contributed by atoms with Crippen molar-refractivity contribution in [1.29, 1.82) is 0 Å². The van der Waals surface area contributed by atoms with Crippen molar-refractivity contribution in [3.63, 3.8) is 0 Å². The van der Waals surface area contributed by atoms with E-state index in [1.165, 1.54) is 0 Å². The maximum atomic E-state index is 10.9. The molecule has 0 aromatic heterocycles. The molecule has 1 fully saturated rings. The minimum absolute atomic E-state index is 0.116. The Hall–Kier alpha value is -0.260. The monoisotopic (exact) mass is 261 g/mol. The summed E-state index contributed by atoms with van der Waals surface area (Å²) in [4.78, 5) is 12.9. The number of rotatable bonds is 6. The Balaban J connectivity index is 2.57. The van der Waals surface area contributed by atoms with Crippen LogP contribution in [-0.2, 0) is 9.53 Å². The lowest BCUT2D eigenvalue weighted by atomic mass is 9.87. The molecular formula is C12H23NO3S. The van der Waals surface area contributed by atoms with Crippen molar-refractivity contribution in [2.45, 2.75) is 26.3 Å². The molecule has 100 valence electrons. The number of hydrogen-bond donors (Lipinski definition) is 1. The molecule has 0 saturated carbocycles. The Morgan fingerprint density at radius 1 is 1.59 bits per heavy atom. The third-order valence-electron chi connectivity index (χ3n) is 3.03. The number of carboxylic acid groups (broad SMARTS) is 1. The molecule has 0 spiro atoms. The van der Waals surface area contributed by atoms with E-state index in [0.29, 0.717) is 24.6 Å². The highest BCUT2D eigenvalue weighted by molar-refractivity contribution is 7.99. The lowest BCUT2D eigenvalue weighted by Crippen LogP contribution is -2.47. The van der Waals surface area contributed by atoms with Crippen LogP contribution in [0.25, 0.3) is 0 Å². The van der Waals surface area contributed by atoms with Gasteiger partial charge in [0.15, 0.2) is 0 Å². The second kappa shape index (κ2) is 6.61. The molecule has 17 heavy (non-hydrogen) atoms. The molecule has 0 aromatic rings. The molecule has 4 nitrogen and oxygen atoms in total. The minimum atomic E-state index is -0.755. The van der Waals surface area contributed by atoms with Crippen LogP contribution < -0.4 is 0 Å². The Labute approximate surface area is 108 Å². The molecule has 1 aliphatic rings. The molecule has 1 heterocycles. The predicted octanol–water partition coefficient (Wildman–Crippen LogP) is 1.55. The smallest absolute Gasteiger partial charge is 0.317 e. The average molecular weight is 261 g/mol. The number of ether oxygens (including phenoxy) is 1. The van der Waals surface area contributed by atoms with Crippen LogP contribution in [-0.4, -0.2) is 60.3 Å². The summed E-state index contributed by atoms with van der Waals surface area (Å²) >= 11 is 1.92. The average Bonchev–Trinajstić information content (AvgIpc) is 2.22. The van der Waals surface area contributed by atoms with E-state index < -0.39 is 5.97 Å². The van der Waals surface area contributed by atoms with E-state index in [9.17, 15) is 4.79 Å². The van der Waals surface area contributed by atoms with Gasteiger partial charge in [-0.25, -0.2) is 0 Å². The molecule has 0 aliphatic carbocycles. The zero-order valence-corrected chi connectivity index (χ0v) is 11.8. The summed E-state index contributed by atoms with van der Waals surface area (Å²) in [6.45, 7) is 5.91. The van der Waals surface area contributed by atoms with Gasteiger partial charge in [-0.1, -0.05) is 13.8 Å². The van der Waals surface area contributed by atoms with E-state index in [-0.39, 0.29) is 6.54 Å². The molecule has 1 rings (SSSR count). The number of methoxy groups -OCH3 is 1. The first-order valence-electron chi connectivity index (χ1n) is 5.97. The third-order valence-corrected chi connectivity index (χ3v) is 4.63. The van der Waals surface area contributed by atoms with Gasteiger partial charge in [-0.2, -0.15) is 11.8 Å². The van der Waals surface area contributed by atoms with Gasteiger partial charge in [0.2, 0.25) is 0 Å². The third kappa shape index (κ3) is 5.27. The van der Waals surface area contributed by atoms with Crippen molar-refractivity contribution in [3.05, 3.63) is 0 Å². The first kappa shape index (κ1) is 14.8. The van der Waals surface area contributed by atoms with Gasteiger partial charge >= 0.3 is 5.97 Å². The normalized spacial score (nSPS) is 23.9. The molecule has 0 bridgehead atoms. The van der Waals surface area contributed by atoms with Gasteiger partial charge in [0.05, 0.1) is 13.2 Å². The SMILES string of the molecule is COCCN(CC(=O)O)C1CSCC(C)(C)C1. The molecular weight excluding hydrogens is 238 g/mol. The molecule has 1 saturated heterocycles. The van der Waals surface area contributed by atoms with Gasteiger partial charge in [-0.05, 0) is 17.6 Å².